The van der Waals surface area contributed by atoms with Crippen LogP contribution in [0.1, 0.15) is 42.8 Å². The topological polar surface area (TPSA) is 204 Å². The lowest BCUT2D eigenvalue weighted by molar-refractivity contribution is -0.151. The molecule has 16 heteroatoms. The second-order valence-electron chi connectivity index (χ2n) is 8.02. The van der Waals surface area contributed by atoms with Crippen molar-refractivity contribution in [3.05, 3.63) is 68.3 Å². The van der Waals surface area contributed by atoms with Gasteiger partial charge in [0, 0.05) is 6.42 Å². The van der Waals surface area contributed by atoms with Gasteiger partial charge in [0.25, 0.3) is 5.95 Å². The van der Waals surface area contributed by atoms with Gasteiger partial charge in [-0.2, -0.15) is 0 Å². The maximum absolute atomic E-state index is 12.8. The molecule has 0 saturated carbocycles. The summed E-state index contributed by atoms with van der Waals surface area (Å²) in [5.74, 6) is -4.44. The van der Waals surface area contributed by atoms with Crippen molar-refractivity contribution < 1.29 is 60.2 Å². The van der Waals surface area contributed by atoms with Crippen molar-refractivity contribution in [2.75, 3.05) is 12.8 Å². The summed E-state index contributed by atoms with van der Waals surface area (Å²) in [5, 5.41) is 0. The van der Waals surface area contributed by atoms with E-state index in [1.165, 1.54) is 13.8 Å². The van der Waals surface area contributed by atoms with Crippen molar-refractivity contribution in [3.8, 4) is 0 Å². The molecule has 1 aliphatic heterocycles. The lowest BCUT2D eigenvalue weighted by Gasteiger charge is -2.19. The predicted octanol–water partition coefficient (Wildman–Crippen LogP) is 2.53. The fourth-order valence-corrected chi connectivity index (χ4v) is 4.45. The highest BCUT2D eigenvalue weighted by Gasteiger charge is 2.33. The van der Waals surface area contributed by atoms with Crippen LogP contribution in [0, 0.1) is 19.8 Å². The van der Waals surface area contributed by atoms with E-state index in [1.54, 1.807) is 6.92 Å². The molecule has 208 valence electrons. The molecule has 2 aromatic heterocycles. The molecule has 0 aliphatic carbocycles. The third-order valence-corrected chi connectivity index (χ3v) is 6.59. The van der Waals surface area contributed by atoms with Crippen LogP contribution in [0.4, 0.5) is 0 Å². The first-order valence-corrected chi connectivity index (χ1v) is 12.8. The Balaban J connectivity index is 1.62. The molecule has 38 heavy (non-hydrogen) atoms. The Morgan fingerprint density at radius 2 is 1.53 bits per heavy atom. The standard InChI is InChI=1S/C22H25O15P/c1-11-16(35-14(4)32-11)7-29-19(23)6-5-15(20(24)30-8-17-12(2)33-21(25)36-17)10-38(27,28)31-9-18-13(3)34-22(26)37-18/h15H,4-10H2,1-3H3,(H,27,28). The molecule has 0 saturated heterocycles. The Morgan fingerprint density at radius 1 is 0.921 bits per heavy atom. The molecular weight excluding hydrogens is 535 g/mol. The molecule has 2 unspecified atom stereocenters. The largest absolute Gasteiger partial charge is 0.519 e. The van der Waals surface area contributed by atoms with Crippen molar-refractivity contribution >= 4 is 19.5 Å². The number of carbonyl (C=O) groups is 2. The minimum absolute atomic E-state index is 0.0311. The van der Waals surface area contributed by atoms with Crippen LogP contribution in [-0.2, 0) is 50.8 Å². The number of allylic oxidation sites excluding steroid dienone is 1. The van der Waals surface area contributed by atoms with Crippen molar-refractivity contribution in [1.82, 2.24) is 0 Å². The zero-order valence-corrected chi connectivity index (χ0v) is 21.5. The van der Waals surface area contributed by atoms with Gasteiger partial charge in [-0.1, -0.05) is 0 Å². The molecule has 3 rings (SSSR count). The number of ether oxygens (including phenoxy) is 4. The minimum Gasteiger partial charge on any atom is -0.457 e. The summed E-state index contributed by atoms with van der Waals surface area (Å²) in [6.45, 7) is 6.54. The van der Waals surface area contributed by atoms with Gasteiger partial charge in [0.2, 0.25) is 0 Å². The third kappa shape index (κ3) is 8.10. The van der Waals surface area contributed by atoms with E-state index in [-0.39, 0.29) is 54.2 Å². The SMILES string of the molecule is C=C1OC(C)=C(COC(=O)CCC(CP(=O)(O)OCc2oc(=O)oc2C)C(=O)OCc2oc(=O)oc2C)O1. The Bertz CT molecular complexity index is 1380. The van der Waals surface area contributed by atoms with Crippen LogP contribution >= 0.6 is 7.60 Å². The summed E-state index contributed by atoms with van der Waals surface area (Å²) >= 11 is 0. The van der Waals surface area contributed by atoms with Gasteiger partial charge in [0.15, 0.2) is 36.3 Å². The van der Waals surface area contributed by atoms with E-state index in [0.29, 0.717) is 5.76 Å². The van der Waals surface area contributed by atoms with E-state index >= 15 is 0 Å². The first-order chi connectivity index (χ1) is 17.8. The summed E-state index contributed by atoms with van der Waals surface area (Å²) < 4.78 is 57.0. The van der Waals surface area contributed by atoms with Crippen molar-refractivity contribution in [2.24, 2.45) is 5.92 Å². The molecule has 0 spiro atoms. The molecule has 3 heterocycles. The van der Waals surface area contributed by atoms with E-state index in [4.69, 9.17) is 32.3 Å². The molecule has 0 fully saturated rings. The zero-order chi connectivity index (χ0) is 28.0. The summed E-state index contributed by atoms with van der Waals surface area (Å²) in [6, 6.07) is 0. The van der Waals surface area contributed by atoms with Gasteiger partial charge in [-0.3, -0.25) is 14.2 Å². The molecule has 0 aromatic carbocycles. The molecule has 1 aliphatic rings. The molecule has 1 N–H and O–H groups in total. The molecule has 2 atom stereocenters. The average molecular weight is 560 g/mol. The molecule has 0 amide bonds. The average Bonchev–Trinajstić information content (AvgIpc) is 3.45. The van der Waals surface area contributed by atoms with Crippen LogP contribution in [-0.4, -0.2) is 29.6 Å². The second-order valence-corrected chi connectivity index (χ2v) is 9.92. The van der Waals surface area contributed by atoms with Gasteiger partial charge in [0.05, 0.1) is 12.1 Å². The van der Waals surface area contributed by atoms with E-state index in [9.17, 15) is 28.6 Å². The van der Waals surface area contributed by atoms with E-state index in [0.717, 1.165) is 0 Å². The summed E-state index contributed by atoms with van der Waals surface area (Å²) in [4.78, 5) is 57.7. The minimum atomic E-state index is -4.49. The normalized spacial score (nSPS) is 15.5. The third-order valence-electron chi connectivity index (χ3n) is 5.16. The second kappa shape index (κ2) is 12.2. The lowest BCUT2D eigenvalue weighted by atomic mass is 10.1. The highest BCUT2D eigenvalue weighted by Crippen LogP contribution is 2.46. The quantitative estimate of drug-likeness (QED) is 0.276. The first kappa shape index (κ1) is 28.8. The summed E-state index contributed by atoms with van der Waals surface area (Å²) in [7, 11) is -4.49. The van der Waals surface area contributed by atoms with E-state index in [2.05, 4.69) is 15.4 Å². The number of rotatable bonds is 13. The van der Waals surface area contributed by atoms with Gasteiger partial charge in [-0.15, -0.1) is 0 Å². The highest BCUT2D eigenvalue weighted by molar-refractivity contribution is 7.52. The van der Waals surface area contributed by atoms with Crippen LogP contribution in [0.25, 0.3) is 0 Å². The number of aryl methyl sites for hydroxylation is 2. The lowest BCUT2D eigenvalue weighted by Crippen LogP contribution is -2.23. The zero-order valence-electron chi connectivity index (χ0n) is 20.6. The van der Waals surface area contributed by atoms with Gasteiger partial charge in [-0.05, 0) is 33.8 Å². The maximum Gasteiger partial charge on any atom is 0.519 e. The van der Waals surface area contributed by atoms with Crippen LogP contribution < -0.4 is 11.6 Å². The van der Waals surface area contributed by atoms with Crippen molar-refractivity contribution in [3.63, 3.8) is 0 Å². The van der Waals surface area contributed by atoms with E-state index < -0.39 is 56.5 Å². The molecule has 0 bridgehead atoms. The molecule has 2 aromatic rings. The van der Waals surface area contributed by atoms with Gasteiger partial charge in [0.1, 0.15) is 18.1 Å². The monoisotopic (exact) mass is 560 g/mol. The number of hydrogen-bond donors (Lipinski definition) is 1. The van der Waals surface area contributed by atoms with Crippen molar-refractivity contribution in [2.45, 2.75) is 46.8 Å². The Hall–Kier alpha value is -3.81. The van der Waals surface area contributed by atoms with Crippen LogP contribution in [0.2, 0.25) is 0 Å². The summed E-state index contributed by atoms with van der Waals surface area (Å²) in [6.07, 6.45) is -1.36. The Labute approximate surface area is 214 Å². The summed E-state index contributed by atoms with van der Waals surface area (Å²) in [5.41, 5.74) is 0. The maximum atomic E-state index is 12.8. The molecule has 0 radical (unpaired) electrons. The number of esters is 2. The van der Waals surface area contributed by atoms with Crippen LogP contribution in [0.3, 0.4) is 0 Å². The van der Waals surface area contributed by atoms with Crippen LogP contribution in [0.5, 0.6) is 0 Å². The Kier molecular flexibility index (Phi) is 9.20. The highest BCUT2D eigenvalue weighted by atomic mass is 31.2. The smallest absolute Gasteiger partial charge is 0.457 e. The van der Waals surface area contributed by atoms with Gasteiger partial charge in [-0.25, -0.2) is 9.59 Å². The molecular formula is C22H25O15P. The van der Waals surface area contributed by atoms with E-state index in [1.807, 2.05) is 0 Å². The van der Waals surface area contributed by atoms with Gasteiger partial charge >= 0.3 is 31.2 Å². The predicted molar refractivity (Wildman–Crippen MR) is 121 cm³/mol. The van der Waals surface area contributed by atoms with Gasteiger partial charge < -0.3 is 46.0 Å². The Morgan fingerprint density at radius 3 is 2.05 bits per heavy atom. The number of carbonyl (C=O) groups excluding carboxylic acids is 2. The first-order valence-electron chi connectivity index (χ1n) is 11.0. The van der Waals surface area contributed by atoms with Crippen molar-refractivity contribution in [1.29, 1.82) is 0 Å². The van der Waals surface area contributed by atoms with Crippen LogP contribution in [0.15, 0.2) is 51.3 Å². The fourth-order valence-electron chi connectivity index (χ4n) is 3.14. The number of hydrogen-bond acceptors (Lipinski definition) is 14. The molecule has 15 nitrogen and oxygen atoms in total. The fraction of sp³-hybridized carbons (Fsp3) is 0.455.